The van der Waals surface area contributed by atoms with Gasteiger partial charge in [-0.1, -0.05) is 17.7 Å². The van der Waals surface area contributed by atoms with Gasteiger partial charge in [0.05, 0.1) is 13.1 Å². The highest BCUT2D eigenvalue weighted by molar-refractivity contribution is 6.30. The molecule has 2 N–H and O–H groups in total. The number of carbonyl (C=O) groups is 1. The number of nitrogens with zero attached hydrogens (tertiary/aromatic N) is 2. The lowest BCUT2D eigenvalue weighted by Gasteiger charge is -2.35. The first-order valence-electron chi connectivity index (χ1n) is 9.01. The smallest absolute Gasteiger partial charge is 0.234 e. The maximum Gasteiger partial charge on any atom is 0.234 e. The molecule has 1 saturated heterocycles. The van der Waals surface area contributed by atoms with Crippen LogP contribution in [0, 0.1) is 0 Å². The van der Waals surface area contributed by atoms with Crippen LogP contribution in [0.15, 0.2) is 48.5 Å². The summed E-state index contributed by atoms with van der Waals surface area (Å²) in [6, 6.07) is 14.4. The Balaban J connectivity index is 1.33. The van der Waals surface area contributed by atoms with Gasteiger partial charge in [-0.15, -0.1) is 0 Å². The van der Waals surface area contributed by atoms with Crippen molar-refractivity contribution in [2.24, 2.45) is 0 Å². The first-order valence-corrected chi connectivity index (χ1v) is 9.39. The number of anilines is 1. The van der Waals surface area contributed by atoms with E-state index in [9.17, 15) is 9.90 Å². The molecule has 0 atom stereocenters. The van der Waals surface area contributed by atoms with E-state index >= 15 is 0 Å². The summed E-state index contributed by atoms with van der Waals surface area (Å²) in [5.41, 5.74) is 1.09. The minimum Gasteiger partial charge on any atom is -0.508 e. The molecule has 144 valence electrons. The zero-order chi connectivity index (χ0) is 19.1. The van der Waals surface area contributed by atoms with Crippen LogP contribution < -0.4 is 15.0 Å². The fourth-order valence-corrected chi connectivity index (χ4v) is 3.18. The van der Waals surface area contributed by atoms with Crippen LogP contribution in [0.3, 0.4) is 0 Å². The van der Waals surface area contributed by atoms with E-state index in [0.717, 1.165) is 31.9 Å². The van der Waals surface area contributed by atoms with Crippen LogP contribution in [0.2, 0.25) is 5.02 Å². The highest BCUT2D eigenvalue weighted by atomic mass is 35.5. The zero-order valence-corrected chi connectivity index (χ0v) is 15.9. The van der Waals surface area contributed by atoms with Crippen molar-refractivity contribution in [3.05, 3.63) is 53.6 Å². The average Bonchev–Trinajstić information content (AvgIpc) is 2.67. The number of amides is 1. The van der Waals surface area contributed by atoms with Crippen molar-refractivity contribution >= 4 is 23.2 Å². The summed E-state index contributed by atoms with van der Waals surface area (Å²) in [7, 11) is 0. The number of benzene rings is 2. The van der Waals surface area contributed by atoms with E-state index in [1.54, 1.807) is 24.3 Å². The van der Waals surface area contributed by atoms with Gasteiger partial charge in [-0.2, -0.15) is 0 Å². The molecule has 0 unspecified atom stereocenters. The fourth-order valence-electron chi connectivity index (χ4n) is 3.00. The molecular formula is C20H24ClN3O3. The number of hydrogen-bond acceptors (Lipinski definition) is 5. The molecule has 0 bridgehead atoms. The van der Waals surface area contributed by atoms with Crippen LogP contribution in [0.1, 0.15) is 0 Å². The van der Waals surface area contributed by atoms with Crippen LogP contribution in [0.4, 0.5) is 5.69 Å². The van der Waals surface area contributed by atoms with Crippen LogP contribution in [0.5, 0.6) is 11.5 Å². The molecule has 0 radical (unpaired) electrons. The molecule has 3 rings (SSSR count). The number of phenols is 1. The minimum atomic E-state index is 0.00257. The molecule has 0 saturated carbocycles. The predicted molar refractivity (Wildman–Crippen MR) is 107 cm³/mol. The van der Waals surface area contributed by atoms with E-state index in [1.165, 1.54) is 0 Å². The van der Waals surface area contributed by atoms with E-state index in [0.29, 0.717) is 30.5 Å². The first-order chi connectivity index (χ1) is 13.1. The minimum absolute atomic E-state index is 0.00257. The fraction of sp³-hybridized carbons (Fsp3) is 0.350. The third-order valence-electron chi connectivity index (χ3n) is 4.44. The summed E-state index contributed by atoms with van der Waals surface area (Å²) in [6.45, 7) is 4.62. The SMILES string of the molecule is O=C(CN1CCN(c2ccc(O)cc2)CC1)NCCOc1cccc(Cl)c1. The van der Waals surface area contributed by atoms with Crippen molar-refractivity contribution in [2.75, 3.05) is 50.8 Å². The molecule has 2 aromatic carbocycles. The lowest BCUT2D eigenvalue weighted by molar-refractivity contribution is -0.122. The number of hydrogen-bond donors (Lipinski definition) is 2. The van der Waals surface area contributed by atoms with E-state index in [1.807, 2.05) is 24.3 Å². The van der Waals surface area contributed by atoms with Crippen LogP contribution in [-0.4, -0.2) is 61.8 Å². The molecule has 0 aromatic heterocycles. The molecule has 0 spiro atoms. The number of ether oxygens (including phenoxy) is 1. The molecule has 7 heteroatoms. The summed E-state index contributed by atoms with van der Waals surface area (Å²) in [4.78, 5) is 16.5. The Morgan fingerprint density at radius 2 is 1.85 bits per heavy atom. The van der Waals surface area contributed by atoms with Gasteiger partial charge in [-0.25, -0.2) is 0 Å². The van der Waals surface area contributed by atoms with E-state index < -0.39 is 0 Å². The molecule has 0 aliphatic carbocycles. The van der Waals surface area contributed by atoms with Crippen molar-refractivity contribution in [3.8, 4) is 11.5 Å². The number of phenolic OH excluding ortho intramolecular Hbond substituents is 1. The molecule has 27 heavy (non-hydrogen) atoms. The molecule has 1 amide bonds. The first kappa shape index (κ1) is 19.3. The van der Waals surface area contributed by atoms with E-state index in [2.05, 4.69) is 15.1 Å². The summed E-state index contributed by atoms with van der Waals surface area (Å²) < 4.78 is 5.56. The van der Waals surface area contributed by atoms with Crippen molar-refractivity contribution < 1.29 is 14.6 Å². The van der Waals surface area contributed by atoms with Crippen molar-refractivity contribution in [2.45, 2.75) is 0 Å². The quantitative estimate of drug-likeness (QED) is 0.712. The van der Waals surface area contributed by atoms with E-state index in [-0.39, 0.29) is 11.7 Å². The van der Waals surface area contributed by atoms with Gasteiger partial charge < -0.3 is 20.1 Å². The van der Waals surface area contributed by atoms with Gasteiger partial charge in [0.2, 0.25) is 5.91 Å². The second-order valence-electron chi connectivity index (χ2n) is 6.44. The Labute approximate surface area is 164 Å². The Morgan fingerprint density at radius 3 is 2.56 bits per heavy atom. The summed E-state index contributed by atoms with van der Waals surface area (Å²) >= 11 is 5.90. The van der Waals surface area contributed by atoms with Crippen molar-refractivity contribution in [3.63, 3.8) is 0 Å². The zero-order valence-electron chi connectivity index (χ0n) is 15.1. The van der Waals surface area contributed by atoms with Gasteiger partial charge in [0.1, 0.15) is 18.1 Å². The third kappa shape index (κ3) is 6.05. The Bertz CT molecular complexity index is 746. The summed E-state index contributed by atoms with van der Waals surface area (Å²) in [6.07, 6.45) is 0. The normalized spacial score (nSPS) is 14.8. The topological polar surface area (TPSA) is 65.0 Å². The van der Waals surface area contributed by atoms with E-state index in [4.69, 9.17) is 16.3 Å². The molecule has 2 aromatic rings. The summed E-state index contributed by atoms with van der Waals surface area (Å²) in [5.74, 6) is 0.971. The van der Waals surface area contributed by atoms with Crippen molar-refractivity contribution in [1.82, 2.24) is 10.2 Å². The van der Waals surface area contributed by atoms with Crippen molar-refractivity contribution in [1.29, 1.82) is 0 Å². The standard InChI is InChI=1S/C20H24ClN3O3/c21-16-2-1-3-19(14-16)27-13-8-22-20(26)15-23-9-11-24(12-10-23)17-4-6-18(25)7-5-17/h1-7,14,25H,8-13,15H2,(H,22,26). The second-order valence-corrected chi connectivity index (χ2v) is 6.87. The highest BCUT2D eigenvalue weighted by Gasteiger charge is 2.19. The predicted octanol–water partition coefficient (Wildman–Crippen LogP) is 2.36. The highest BCUT2D eigenvalue weighted by Crippen LogP contribution is 2.19. The van der Waals surface area contributed by atoms with Gasteiger partial charge in [-0.3, -0.25) is 9.69 Å². The average molecular weight is 390 g/mol. The monoisotopic (exact) mass is 389 g/mol. The molecule has 1 fully saturated rings. The van der Waals surface area contributed by atoms with Gasteiger partial charge >= 0.3 is 0 Å². The lowest BCUT2D eigenvalue weighted by Crippen LogP contribution is -2.49. The third-order valence-corrected chi connectivity index (χ3v) is 4.68. The largest absolute Gasteiger partial charge is 0.508 e. The number of piperazine rings is 1. The second kappa shape index (κ2) is 9.48. The van der Waals surface area contributed by atoms with Crippen LogP contribution in [0.25, 0.3) is 0 Å². The Kier molecular flexibility index (Phi) is 6.79. The number of nitrogens with one attached hydrogen (secondary N) is 1. The maximum atomic E-state index is 12.1. The lowest BCUT2D eigenvalue weighted by atomic mass is 10.2. The Morgan fingerprint density at radius 1 is 1.11 bits per heavy atom. The van der Waals surface area contributed by atoms with Gasteiger partial charge in [0.15, 0.2) is 0 Å². The Hall–Kier alpha value is -2.44. The number of halogens is 1. The number of rotatable bonds is 7. The molecule has 1 aliphatic heterocycles. The summed E-state index contributed by atoms with van der Waals surface area (Å²) in [5, 5.41) is 12.9. The number of carbonyl (C=O) groups excluding carboxylic acids is 1. The number of aromatic hydroxyl groups is 1. The molecule has 1 aliphatic rings. The van der Waals surface area contributed by atoms with Crippen LogP contribution >= 0.6 is 11.6 Å². The van der Waals surface area contributed by atoms with Crippen LogP contribution in [-0.2, 0) is 4.79 Å². The molecular weight excluding hydrogens is 366 g/mol. The van der Waals surface area contributed by atoms with Gasteiger partial charge in [0, 0.05) is 36.9 Å². The van der Waals surface area contributed by atoms with Gasteiger partial charge in [-0.05, 0) is 42.5 Å². The maximum absolute atomic E-state index is 12.1. The molecule has 1 heterocycles. The van der Waals surface area contributed by atoms with Gasteiger partial charge in [0.25, 0.3) is 0 Å². The molecule has 6 nitrogen and oxygen atoms in total.